The molecule has 8 heteroatoms. The van der Waals surface area contributed by atoms with Gasteiger partial charge in [0.2, 0.25) is 0 Å². The predicted octanol–water partition coefficient (Wildman–Crippen LogP) is 6.20. The van der Waals surface area contributed by atoms with Crippen LogP contribution >= 0.6 is 23.7 Å². The summed E-state index contributed by atoms with van der Waals surface area (Å²) in [6, 6.07) is 19.4. The van der Waals surface area contributed by atoms with Crippen molar-refractivity contribution in [3.63, 3.8) is 0 Å². The van der Waals surface area contributed by atoms with Gasteiger partial charge in [0.05, 0.1) is 11.7 Å². The van der Waals surface area contributed by atoms with Crippen LogP contribution in [0.2, 0.25) is 0 Å². The first-order chi connectivity index (χ1) is 14.2. The van der Waals surface area contributed by atoms with Crippen LogP contribution in [0.4, 0.5) is 13.2 Å². The first-order valence-corrected chi connectivity index (χ1v) is 10.1. The molecule has 0 amide bonds. The molecule has 0 bridgehead atoms. The van der Waals surface area contributed by atoms with Crippen LogP contribution in [0.3, 0.4) is 0 Å². The lowest BCUT2D eigenvalue weighted by atomic mass is 9.94. The molecule has 2 aromatic carbocycles. The third kappa shape index (κ3) is 4.32. The molecule has 0 radical (unpaired) electrons. The molecule has 0 saturated heterocycles. The van der Waals surface area contributed by atoms with Crippen LogP contribution in [0.15, 0.2) is 72.9 Å². The van der Waals surface area contributed by atoms with E-state index in [1.807, 2.05) is 54.6 Å². The summed E-state index contributed by atoms with van der Waals surface area (Å²) in [7, 11) is 0. The van der Waals surface area contributed by atoms with Crippen molar-refractivity contribution in [3.8, 4) is 11.3 Å². The number of hydrogen-bond acceptors (Lipinski definition) is 4. The van der Waals surface area contributed by atoms with Gasteiger partial charge in [0.25, 0.3) is 0 Å². The average Bonchev–Trinajstić information content (AvgIpc) is 3.17. The Bertz CT molecular complexity index is 1190. The van der Waals surface area contributed by atoms with Gasteiger partial charge < -0.3 is 10.8 Å². The normalized spacial score (nSPS) is 14.6. The third-order valence-corrected chi connectivity index (χ3v) is 6.45. The summed E-state index contributed by atoms with van der Waals surface area (Å²) >= 11 is 1.49. The Morgan fingerprint density at radius 3 is 2.39 bits per heavy atom. The van der Waals surface area contributed by atoms with Crippen molar-refractivity contribution in [2.75, 3.05) is 0 Å². The standard InChI is InChI=1S/C23H19F3N2OS.ClH/c1-22(29,23(24,25)26)16-10-11-28-18(13-16)17-9-5-8-15-12-19(30-21(15)17)20(27)14-6-3-2-4-7-14;/h2-13,20,29H,27H2,1H3;1H. The first-order valence-electron chi connectivity index (χ1n) is 9.27. The summed E-state index contributed by atoms with van der Waals surface area (Å²) in [5.74, 6) is 0. The molecule has 2 heterocycles. The van der Waals surface area contributed by atoms with Gasteiger partial charge in [-0.25, -0.2) is 0 Å². The molecule has 0 fully saturated rings. The van der Waals surface area contributed by atoms with Crippen LogP contribution in [0.25, 0.3) is 21.3 Å². The minimum absolute atomic E-state index is 0. The molecule has 2 unspecified atom stereocenters. The fraction of sp³-hybridized carbons (Fsp3) is 0.174. The van der Waals surface area contributed by atoms with Crippen LogP contribution < -0.4 is 5.73 Å². The summed E-state index contributed by atoms with van der Waals surface area (Å²) in [4.78, 5) is 5.21. The maximum Gasteiger partial charge on any atom is 0.421 e. The second-order valence-electron chi connectivity index (χ2n) is 7.26. The maximum absolute atomic E-state index is 13.3. The van der Waals surface area contributed by atoms with Gasteiger partial charge >= 0.3 is 6.18 Å². The van der Waals surface area contributed by atoms with E-state index in [9.17, 15) is 18.3 Å². The van der Waals surface area contributed by atoms with Gasteiger partial charge in [-0.3, -0.25) is 4.98 Å². The number of aliphatic hydroxyl groups is 1. The number of nitrogens with zero attached hydrogens (tertiary/aromatic N) is 1. The summed E-state index contributed by atoms with van der Waals surface area (Å²) in [5.41, 5.74) is 5.26. The highest BCUT2D eigenvalue weighted by atomic mass is 35.5. The number of fused-ring (bicyclic) bond motifs is 1. The van der Waals surface area contributed by atoms with E-state index in [-0.39, 0.29) is 24.0 Å². The largest absolute Gasteiger partial charge is 0.421 e. The number of aromatic nitrogens is 1. The Labute approximate surface area is 187 Å². The van der Waals surface area contributed by atoms with Crippen LogP contribution in [0, 0.1) is 0 Å². The lowest BCUT2D eigenvalue weighted by molar-refractivity contribution is -0.258. The average molecular weight is 465 g/mol. The fourth-order valence-corrected chi connectivity index (χ4v) is 4.52. The molecule has 3 nitrogen and oxygen atoms in total. The molecule has 0 aliphatic carbocycles. The Kier molecular flexibility index (Phi) is 6.43. The SMILES string of the molecule is CC(O)(c1ccnc(-c2cccc3cc(C(N)c4ccccc4)sc23)c1)C(F)(F)F.Cl. The van der Waals surface area contributed by atoms with Crippen molar-refractivity contribution in [3.05, 3.63) is 88.9 Å². The van der Waals surface area contributed by atoms with Gasteiger partial charge in [-0.2, -0.15) is 13.2 Å². The van der Waals surface area contributed by atoms with Crippen LogP contribution in [0.5, 0.6) is 0 Å². The number of halogens is 4. The van der Waals surface area contributed by atoms with Gasteiger partial charge in [-0.15, -0.1) is 23.7 Å². The minimum Gasteiger partial charge on any atom is -0.376 e. The van der Waals surface area contributed by atoms with Gasteiger partial charge in [0, 0.05) is 21.3 Å². The molecule has 4 rings (SSSR count). The molecule has 3 N–H and O–H groups in total. The van der Waals surface area contributed by atoms with Crippen molar-refractivity contribution in [1.82, 2.24) is 4.98 Å². The second-order valence-corrected chi connectivity index (χ2v) is 8.34. The van der Waals surface area contributed by atoms with E-state index in [0.29, 0.717) is 11.3 Å². The molecule has 2 atom stereocenters. The summed E-state index contributed by atoms with van der Waals surface area (Å²) < 4.78 is 40.7. The van der Waals surface area contributed by atoms with E-state index >= 15 is 0 Å². The quantitative estimate of drug-likeness (QED) is 0.378. The van der Waals surface area contributed by atoms with E-state index in [2.05, 4.69) is 4.98 Å². The van der Waals surface area contributed by atoms with E-state index in [4.69, 9.17) is 5.73 Å². The molecular formula is C23H20ClF3N2OS. The molecule has 2 aromatic heterocycles. The number of pyridine rings is 1. The molecular weight excluding hydrogens is 445 g/mol. The van der Waals surface area contributed by atoms with Crippen molar-refractivity contribution < 1.29 is 18.3 Å². The lowest BCUT2D eigenvalue weighted by Crippen LogP contribution is -2.39. The highest BCUT2D eigenvalue weighted by molar-refractivity contribution is 7.19. The molecule has 0 aliphatic heterocycles. The number of nitrogens with two attached hydrogens (primary N) is 1. The van der Waals surface area contributed by atoms with E-state index < -0.39 is 11.8 Å². The van der Waals surface area contributed by atoms with Gasteiger partial charge in [0.1, 0.15) is 0 Å². The predicted molar refractivity (Wildman–Crippen MR) is 120 cm³/mol. The summed E-state index contributed by atoms with van der Waals surface area (Å²) in [6.07, 6.45) is -3.51. The number of thiophene rings is 1. The minimum atomic E-state index is -4.80. The molecule has 162 valence electrons. The van der Waals surface area contributed by atoms with Crippen molar-refractivity contribution in [2.24, 2.45) is 5.73 Å². The smallest absolute Gasteiger partial charge is 0.376 e. The Morgan fingerprint density at radius 2 is 1.71 bits per heavy atom. The van der Waals surface area contributed by atoms with Crippen molar-refractivity contribution >= 4 is 33.8 Å². The zero-order valence-corrected chi connectivity index (χ0v) is 18.1. The third-order valence-electron chi connectivity index (χ3n) is 5.18. The van der Waals surface area contributed by atoms with Crippen molar-refractivity contribution in [1.29, 1.82) is 0 Å². The molecule has 0 spiro atoms. The second kappa shape index (κ2) is 8.59. The summed E-state index contributed by atoms with van der Waals surface area (Å²) in [6.45, 7) is 0.745. The van der Waals surface area contributed by atoms with Crippen molar-refractivity contribution in [2.45, 2.75) is 24.7 Å². The van der Waals surface area contributed by atoms with Gasteiger partial charge in [0.15, 0.2) is 5.60 Å². The van der Waals surface area contributed by atoms with E-state index in [0.717, 1.165) is 27.5 Å². The first kappa shape index (κ1) is 23.2. The molecule has 0 aliphatic rings. The van der Waals surface area contributed by atoms with E-state index in [1.54, 1.807) is 0 Å². The van der Waals surface area contributed by atoms with Gasteiger partial charge in [-0.05, 0) is 41.6 Å². The topological polar surface area (TPSA) is 59.1 Å². The molecule has 31 heavy (non-hydrogen) atoms. The molecule has 4 aromatic rings. The number of alkyl halides is 3. The highest BCUT2D eigenvalue weighted by Gasteiger charge is 2.51. The summed E-state index contributed by atoms with van der Waals surface area (Å²) in [5, 5.41) is 11.0. The van der Waals surface area contributed by atoms with Crippen LogP contribution in [-0.2, 0) is 5.60 Å². The zero-order chi connectivity index (χ0) is 21.5. The van der Waals surface area contributed by atoms with Crippen LogP contribution in [0.1, 0.15) is 29.0 Å². The maximum atomic E-state index is 13.3. The van der Waals surface area contributed by atoms with E-state index in [1.165, 1.54) is 29.7 Å². The number of benzene rings is 2. The fourth-order valence-electron chi connectivity index (χ4n) is 3.31. The zero-order valence-electron chi connectivity index (χ0n) is 16.4. The Hall–Kier alpha value is -2.45. The highest BCUT2D eigenvalue weighted by Crippen LogP contribution is 2.41. The number of hydrogen-bond donors (Lipinski definition) is 2. The van der Waals surface area contributed by atoms with Crippen LogP contribution in [-0.4, -0.2) is 16.3 Å². The Balaban J connectivity index is 0.00000272. The Morgan fingerprint density at radius 1 is 1.00 bits per heavy atom. The van der Waals surface area contributed by atoms with Gasteiger partial charge in [-0.1, -0.05) is 48.5 Å². The monoisotopic (exact) mass is 464 g/mol. The lowest BCUT2D eigenvalue weighted by Gasteiger charge is -2.26. The number of rotatable bonds is 4. The molecule has 0 saturated carbocycles.